The van der Waals surface area contributed by atoms with E-state index in [2.05, 4.69) is 66.0 Å². The first-order valence-corrected chi connectivity index (χ1v) is 8.00. The average Bonchev–Trinajstić information content (AvgIpc) is 2.33. The van der Waals surface area contributed by atoms with Gasteiger partial charge in [-0.15, -0.1) is 0 Å². The van der Waals surface area contributed by atoms with Gasteiger partial charge in [0.1, 0.15) is 5.75 Å². The standard InChI is InChI=1S/C19H33NO/c1-13(12-19(4,5)6)9-17(20-7)16-10-14(2)18(21-8)15(3)11-16/h10-11,13,17,20H,9,12H2,1-8H3. The summed E-state index contributed by atoms with van der Waals surface area (Å²) in [5.41, 5.74) is 4.20. The van der Waals surface area contributed by atoms with Crippen LogP contribution < -0.4 is 10.1 Å². The van der Waals surface area contributed by atoms with E-state index >= 15 is 0 Å². The summed E-state index contributed by atoms with van der Waals surface area (Å²) >= 11 is 0. The van der Waals surface area contributed by atoms with Crippen molar-refractivity contribution in [3.05, 3.63) is 28.8 Å². The van der Waals surface area contributed by atoms with Gasteiger partial charge >= 0.3 is 0 Å². The lowest BCUT2D eigenvalue weighted by molar-refractivity contribution is 0.279. The molecule has 0 radical (unpaired) electrons. The largest absolute Gasteiger partial charge is 0.496 e. The molecule has 0 bridgehead atoms. The summed E-state index contributed by atoms with van der Waals surface area (Å²) in [4.78, 5) is 0. The summed E-state index contributed by atoms with van der Waals surface area (Å²) in [6.45, 7) is 13.6. The van der Waals surface area contributed by atoms with Crippen LogP contribution in [0.3, 0.4) is 0 Å². The molecule has 21 heavy (non-hydrogen) atoms. The Bertz CT molecular complexity index is 436. The van der Waals surface area contributed by atoms with Crippen molar-refractivity contribution in [2.24, 2.45) is 11.3 Å². The predicted octanol–water partition coefficient (Wildman–Crippen LogP) is 5.03. The van der Waals surface area contributed by atoms with E-state index in [4.69, 9.17) is 4.74 Å². The highest BCUT2D eigenvalue weighted by molar-refractivity contribution is 5.44. The third kappa shape index (κ3) is 5.35. The maximum atomic E-state index is 5.47. The van der Waals surface area contributed by atoms with Crippen molar-refractivity contribution in [3.8, 4) is 5.75 Å². The van der Waals surface area contributed by atoms with Gasteiger partial charge < -0.3 is 10.1 Å². The summed E-state index contributed by atoms with van der Waals surface area (Å²) in [6.07, 6.45) is 2.41. The molecule has 0 aliphatic heterocycles. The molecule has 1 rings (SSSR count). The van der Waals surface area contributed by atoms with Crippen molar-refractivity contribution in [2.45, 2.75) is 60.4 Å². The van der Waals surface area contributed by atoms with Crippen LogP contribution in [0.2, 0.25) is 0 Å². The SMILES string of the molecule is CNC(CC(C)CC(C)(C)C)c1cc(C)c(OC)c(C)c1. The maximum Gasteiger partial charge on any atom is 0.124 e. The summed E-state index contributed by atoms with van der Waals surface area (Å²) in [5, 5.41) is 3.49. The van der Waals surface area contributed by atoms with E-state index in [0.717, 1.165) is 5.75 Å². The smallest absolute Gasteiger partial charge is 0.124 e. The summed E-state index contributed by atoms with van der Waals surface area (Å²) in [7, 11) is 3.80. The number of nitrogens with one attached hydrogen (secondary N) is 1. The van der Waals surface area contributed by atoms with Crippen LogP contribution in [0.4, 0.5) is 0 Å². The number of aryl methyl sites for hydroxylation is 2. The van der Waals surface area contributed by atoms with E-state index in [9.17, 15) is 0 Å². The second-order valence-electron chi connectivity index (χ2n) is 7.63. The van der Waals surface area contributed by atoms with Gasteiger partial charge in [0.2, 0.25) is 0 Å². The van der Waals surface area contributed by atoms with Gasteiger partial charge in [0, 0.05) is 6.04 Å². The van der Waals surface area contributed by atoms with Crippen LogP contribution in [0.25, 0.3) is 0 Å². The molecule has 2 atom stereocenters. The molecule has 0 aromatic heterocycles. The molecule has 0 aliphatic rings. The zero-order chi connectivity index (χ0) is 16.2. The maximum absolute atomic E-state index is 5.47. The number of ether oxygens (including phenoxy) is 1. The second-order valence-corrected chi connectivity index (χ2v) is 7.63. The van der Waals surface area contributed by atoms with Crippen molar-refractivity contribution in [1.29, 1.82) is 0 Å². The average molecular weight is 291 g/mol. The minimum atomic E-state index is 0.392. The number of hydrogen-bond donors (Lipinski definition) is 1. The van der Waals surface area contributed by atoms with Gasteiger partial charge in [-0.25, -0.2) is 0 Å². The monoisotopic (exact) mass is 291 g/mol. The molecule has 0 spiro atoms. The van der Waals surface area contributed by atoms with E-state index in [0.29, 0.717) is 17.4 Å². The van der Waals surface area contributed by atoms with Crippen molar-refractivity contribution in [1.82, 2.24) is 5.32 Å². The van der Waals surface area contributed by atoms with E-state index in [1.54, 1.807) is 7.11 Å². The van der Waals surface area contributed by atoms with Crippen molar-refractivity contribution < 1.29 is 4.74 Å². The first-order valence-electron chi connectivity index (χ1n) is 8.00. The third-order valence-electron chi connectivity index (χ3n) is 4.04. The lowest BCUT2D eigenvalue weighted by atomic mass is 9.82. The van der Waals surface area contributed by atoms with Gasteiger partial charge in [0.05, 0.1) is 7.11 Å². The normalized spacial score (nSPS) is 14.9. The van der Waals surface area contributed by atoms with Gasteiger partial charge in [0.25, 0.3) is 0 Å². The minimum Gasteiger partial charge on any atom is -0.496 e. The van der Waals surface area contributed by atoms with E-state index in [1.165, 1.54) is 29.5 Å². The lowest BCUT2D eigenvalue weighted by Crippen LogP contribution is -2.21. The Morgan fingerprint density at radius 3 is 2.05 bits per heavy atom. The van der Waals surface area contributed by atoms with Gasteiger partial charge in [-0.2, -0.15) is 0 Å². The fraction of sp³-hybridized carbons (Fsp3) is 0.684. The molecule has 2 unspecified atom stereocenters. The van der Waals surface area contributed by atoms with Crippen molar-refractivity contribution >= 4 is 0 Å². The highest BCUT2D eigenvalue weighted by atomic mass is 16.5. The van der Waals surface area contributed by atoms with Crippen molar-refractivity contribution in [3.63, 3.8) is 0 Å². The van der Waals surface area contributed by atoms with Crippen molar-refractivity contribution in [2.75, 3.05) is 14.2 Å². The lowest BCUT2D eigenvalue weighted by Gasteiger charge is -2.27. The molecular weight excluding hydrogens is 258 g/mol. The van der Waals surface area contributed by atoms with Crippen LogP contribution in [-0.4, -0.2) is 14.2 Å². The summed E-state index contributed by atoms with van der Waals surface area (Å²) < 4.78 is 5.47. The zero-order valence-corrected chi connectivity index (χ0v) is 15.1. The second kappa shape index (κ2) is 7.31. The molecule has 0 fully saturated rings. The number of benzene rings is 1. The Hall–Kier alpha value is -1.02. The van der Waals surface area contributed by atoms with E-state index < -0.39 is 0 Å². The molecule has 0 saturated carbocycles. The summed E-state index contributed by atoms with van der Waals surface area (Å²) in [6, 6.07) is 4.93. The Morgan fingerprint density at radius 2 is 1.67 bits per heavy atom. The zero-order valence-electron chi connectivity index (χ0n) is 15.1. The Kier molecular flexibility index (Phi) is 6.27. The highest BCUT2D eigenvalue weighted by Crippen LogP contribution is 2.33. The van der Waals surface area contributed by atoms with E-state index in [-0.39, 0.29) is 0 Å². The van der Waals surface area contributed by atoms with Crippen LogP contribution in [-0.2, 0) is 0 Å². The quantitative estimate of drug-likeness (QED) is 0.793. The molecule has 0 amide bonds. The minimum absolute atomic E-state index is 0.392. The molecule has 1 N–H and O–H groups in total. The van der Waals surface area contributed by atoms with Crippen LogP contribution >= 0.6 is 0 Å². The van der Waals surface area contributed by atoms with Crippen LogP contribution in [0.1, 0.15) is 63.3 Å². The first-order chi connectivity index (χ1) is 9.67. The predicted molar refractivity (Wildman–Crippen MR) is 92.1 cm³/mol. The molecular formula is C19H33NO. The van der Waals surface area contributed by atoms with E-state index in [1.807, 2.05) is 0 Å². The van der Waals surface area contributed by atoms with Crippen LogP contribution in [0.15, 0.2) is 12.1 Å². The summed E-state index contributed by atoms with van der Waals surface area (Å²) in [5.74, 6) is 1.71. The molecule has 1 aromatic carbocycles. The fourth-order valence-corrected chi connectivity index (χ4v) is 3.46. The molecule has 0 saturated heterocycles. The molecule has 2 heteroatoms. The van der Waals surface area contributed by atoms with Gasteiger partial charge in [0.15, 0.2) is 0 Å². The topological polar surface area (TPSA) is 21.3 Å². The molecule has 0 aliphatic carbocycles. The Balaban J connectivity index is 2.90. The molecule has 1 aromatic rings. The van der Waals surface area contributed by atoms with Crippen LogP contribution in [0.5, 0.6) is 5.75 Å². The number of rotatable bonds is 6. The Morgan fingerprint density at radius 1 is 1.14 bits per heavy atom. The number of methoxy groups -OCH3 is 1. The first kappa shape index (κ1) is 18.0. The number of hydrogen-bond acceptors (Lipinski definition) is 2. The highest BCUT2D eigenvalue weighted by Gasteiger charge is 2.20. The fourth-order valence-electron chi connectivity index (χ4n) is 3.46. The van der Waals surface area contributed by atoms with Gasteiger partial charge in [-0.3, -0.25) is 0 Å². The van der Waals surface area contributed by atoms with Crippen LogP contribution in [0, 0.1) is 25.2 Å². The molecule has 2 nitrogen and oxygen atoms in total. The third-order valence-corrected chi connectivity index (χ3v) is 4.04. The molecule has 0 heterocycles. The van der Waals surface area contributed by atoms with Gasteiger partial charge in [-0.05, 0) is 61.8 Å². The van der Waals surface area contributed by atoms with Gasteiger partial charge in [-0.1, -0.05) is 39.8 Å². The Labute approximate surface area is 131 Å². The molecule has 120 valence electrons.